The Hall–Kier alpha value is -0.560. The normalized spacial score (nSPS) is 45.6. The van der Waals surface area contributed by atoms with E-state index in [1.54, 1.807) is 0 Å². The second-order valence-electron chi connectivity index (χ2n) is 12.6. The first-order valence-corrected chi connectivity index (χ1v) is 13.3. The lowest BCUT2D eigenvalue weighted by atomic mass is 9.47. The molecule has 0 aromatic heterocycles. The number of nitrogens with one attached hydrogen (secondary N) is 1. The average Bonchev–Trinajstić information content (AvgIpc) is 3.08. The van der Waals surface area contributed by atoms with Gasteiger partial charge in [-0.25, -0.2) is 0 Å². The molecule has 0 radical (unpaired) electrons. The van der Waals surface area contributed by atoms with Gasteiger partial charge in [0.25, 0.3) is 0 Å². The number of hydrogen-bond acceptors (Lipinski definition) is 1. The van der Waals surface area contributed by atoms with Crippen molar-refractivity contribution in [3.8, 4) is 0 Å². The van der Waals surface area contributed by atoms with Gasteiger partial charge in [0.15, 0.2) is 0 Å². The number of fused-ring (bicyclic) bond motifs is 5. The van der Waals surface area contributed by atoms with E-state index in [0.29, 0.717) is 16.7 Å². The van der Waals surface area contributed by atoms with E-state index in [4.69, 9.17) is 0 Å². The highest BCUT2D eigenvalue weighted by atomic mass is 14.9. The summed E-state index contributed by atoms with van der Waals surface area (Å²) < 4.78 is 0. The predicted molar refractivity (Wildman–Crippen MR) is 130 cm³/mol. The number of hydrogen-bond donors (Lipinski definition) is 1. The first-order chi connectivity index (χ1) is 14.2. The molecule has 170 valence electrons. The molecule has 0 heterocycles. The molecule has 4 aliphatic carbocycles. The summed E-state index contributed by atoms with van der Waals surface area (Å²) in [4.78, 5) is 0. The first kappa shape index (κ1) is 22.6. The van der Waals surface area contributed by atoms with Gasteiger partial charge in [-0.3, -0.25) is 0 Å². The Kier molecular flexibility index (Phi) is 6.35. The van der Waals surface area contributed by atoms with Crippen LogP contribution in [0.15, 0.2) is 23.8 Å². The second-order valence-corrected chi connectivity index (χ2v) is 12.6. The van der Waals surface area contributed by atoms with Crippen LogP contribution in [0.3, 0.4) is 0 Å². The van der Waals surface area contributed by atoms with E-state index in [-0.39, 0.29) is 0 Å². The van der Waals surface area contributed by atoms with Gasteiger partial charge in [0.05, 0.1) is 0 Å². The third-order valence-electron chi connectivity index (χ3n) is 11.0. The first-order valence-electron chi connectivity index (χ1n) is 13.3. The second kappa shape index (κ2) is 8.42. The van der Waals surface area contributed by atoms with Crippen LogP contribution in [-0.2, 0) is 0 Å². The fourth-order valence-electron chi connectivity index (χ4n) is 8.39. The van der Waals surface area contributed by atoms with Gasteiger partial charge in [-0.1, -0.05) is 65.3 Å². The van der Waals surface area contributed by atoms with Gasteiger partial charge in [0, 0.05) is 6.04 Å². The molecule has 0 aromatic rings. The highest BCUT2D eigenvalue weighted by Crippen LogP contribution is 2.66. The summed E-state index contributed by atoms with van der Waals surface area (Å²) >= 11 is 0. The average molecular weight is 412 g/mol. The Morgan fingerprint density at radius 3 is 2.33 bits per heavy atom. The molecule has 1 N–H and O–H groups in total. The molecule has 0 unspecified atom stereocenters. The topological polar surface area (TPSA) is 12.0 Å². The molecule has 0 bridgehead atoms. The number of allylic oxidation sites excluding steroid dienone is 4. The molecule has 9 atom stereocenters. The summed E-state index contributed by atoms with van der Waals surface area (Å²) in [5.74, 6) is 5.66. The largest absolute Gasteiger partial charge is 0.317 e. The summed E-state index contributed by atoms with van der Waals surface area (Å²) in [5.41, 5.74) is 3.01. The molecule has 0 amide bonds. The zero-order valence-electron chi connectivity index (χ0n) is 21.0. The molecule has 0 saturated heterocycles. The van der Waals surface area contributed by atoms with Gasteiger partial charge >= 0.3 is 0 Å². The minimum Gasteiger partial charge on any atom is -0.317 e. The zero-order valence-corrected chi connectivity index (χ0v) is 21.0. The molecule has 1 nitrogen and oxygen atoms in total. The van der Waals surface area contributed by atoms with Gasteiger partial charge < -0.3 is 5.32 Å². The molecule has 4 aliphatic rings. The van der Waals surface area contributed by atoms with Crippen molar-refractivity contribution in [2.75, 3.05) is 7.05 Å². The van der Waals surface area contributed by atoms with Crippen LogP contribution in [0.25, 0.3) is 0 Å². The third-order valence-corrected chi connectivity index (χ3v) is 11.0. The molecule has 3 fully saturated rings. The summed E-state index contributed by atoms with van der Waals surface area (Å²) in [7, 11) is 2.17. The van der Waals surface area contributed by atoms with Gasteiger partial charge in [-0.2, -0.15) is 0 Å². The number of rotatable bonds is 5. The fourth-order valence-corrected chi connectivity index (χ4v) is 8.39. The lowest BCUT2D eigenvalue weighted by Crippen LogP contribution is -2.51. The maximum absolute atomic E-state index is 3.59. The Morgan fingerprint density at radius 1 is 0.933 bits per heavy atom. The van der Waals surface area contributed by atoms with Gasteiger partial charge in [0.1, 0.15) is 0 Å². The molecular formula is C29H49N. The maximum atomic E-state index is 3.59. The molecular weight excluding hydrogens is 362 g/mol. The smallest absolute Gasteiger partial charge is 0.00672 e. The lowest BCUT2D eigenvalue weighted by molar-refractivity contribution is -0.0117. The molecule has 0 aliphatic heterocycles. The van der Waals surface area contributed by atoms with Crippen LogP contribution in [0.5, 0.6) is 0 Å². The van der Waals surface area contributed by atoms with Crippen molar-refractivity contribution in [1.29, 1.82) is 0 Å². The predicted octanol–water partition coefficient (Wildman–Crippen LogP) is 7.64. The molecule has 3 saturated carbocycles. The van der Waals surface area contributed by atoms with Crippen molar-refractivity contribution in [1.82, 2.24) is 5.32 Å². The van der Waals surface area contributed by atoms with Crippen LogP contribution in [-0.4, -0.2) is 13.1 Å². The Balaban J connectivity index is 1.53. The van der Waals surface area contributed by atoms with E-state index >= 15 is 0 Å². The van der Waals surface area contributed by atoms with Crippen molar-refractivity contribution in [2.45, 2.75) is 99.0 Å². The Bertz CT molecular complexity index is 674. The molecule has 0 aromatic carbocycles. The third kappa shape index (κ3) is 3.66. The van der Waals surface area contributed by atoms with Crippen molar-refractivity contribution < 1.29 is 0 Å². The molecule has 4 rings (SSSR count). The minimum atomic E-state index is 0.526. The van der Waals surface area contributed by atoms with Gasteiger partial charge in [0.2, 0.25) is 0 Å². The highest BCUT2D eigenvalue weighted by molar-refractivity contribution is 5.28. The van der Waals surface area contributed by atoms with E-state index in [0.717, 1.165) is 41.5 Å². The van der Waals surface area contributed by atoms with Crippen LogP contribution in [0.2, 0.25) is 0 Å². The monoisotopic (exact) mass is 411 g/mol. The maximum Gasteiger partial charge on any atom is 0.00672 e. The lowest BCUT2D eigenvalue weighted by Gasteiger charge is -2.58. The van der Waals surface area contributed by atoms with Crippen molar-refractivity contribution in [2.24, 2.45) is 52.3 Å². The summed E-state index contributed by atoms with van der Waals surface area (Å²) in [6.07, 6.45) is 19.2. The fraction of sp³-hybridized carbons (Fsp3) is 0.862. The summed E-state index contributed by atoms with van der Waals surface area (Å²) in [6, 6.07) is 0.753. The molecule has 30 heavy (non-hydrogen) atoms. The van der Waals surface area contributed by atoms with E-state index in [1.165, 1.54) is 51.4 Å². The van der Waals surface area contributed by atoms with Crippen LogP contribution < -0.4 is 5.32 Å². The zero-order chi connectivity index (χ0) is 21.7. The van der Waals surface area contributed by atoms with Crippen molar-refractivity contribution in [3.05, 3.63) is 23.8 Å². The Morgan fingerprint density at radius 2 is 1.63 bits per heavy atom. The standard InChI is InChI=1S/C29H49N/c1-19(2)20(3)8-9-21(4)25-12-13-26-24-11-10-22-18-23(30-7)14-16-28(22,5)27(24)15-17-29(25,26)6/h8-9,11,19-23,25-27,30H,10,12-18H2,1-7H3/b9-8+/t20-,21+,22-,23+,25+,26-,27-,28-,29+/m0/s1. The van der Waals surface area contributed by atoms with Crippen LogP contribution in [0, 0.1) is 52.3 Å². The van der Waals surface area contributed by atoms with Gasteiger partial charge in [-0.15, -0.1) is 0 Å². The molecule has 0 spiro atoms. The van der Waals surface area contributed by atoms with Crippen LogP contribution >= 0.6 is 0 Å². The van der Waals surface area contributed by atoms with E-state index < -0.39 is 0 Å². The summed E-state index contributed by atoms with van der Waals surface area (Å²) in [5, 5.41) is 3.59. The van der Waals surface area contributed by atoms with E-state index in [1.807, 2.05) is 5.57 Å². The van der Waals surface area contributed by atoms with Gasteiger partial charge in [-0.05, 0) is 111 Å². The van der Waals surface area contributed by atoms with Crippen molar-refractivity contribution >= 4 is 0 Å². The Labute approximate surface area is 187 Å². The van der Waals surface area contributed by atoms with E-state index in [2.05, 4.69) is 72.1 Å². The quantitative estimate of drug-likeness (QED) is 0.458. The highest BCUT2D eigenvalue weighted by Gasteiger charge is 2.57. The van der Waals surface area contributed by atoms with Crippen molar-refractivity contribution in [3.63, 3.8) is 0 Å². The van der Waals surface area contributed by atoms with E-state index in [9.17, 15) is 0 Å². The van der Waals surface area contributed by atoms with Crippen LogP contribution in [0.1, 0.15) is 92.9 Å². The molecule has 1 heteroatoms. The summed E-state index contributed by atoms with van der Waals surface area (Å²) in [6.45, 7) is 14.9. The minimum absolute atomic E-state index is 0.526. The SMILES string of the molecule is CN[C@@H]1CC[C@@]2(C)[C@@H](CC=C3[C@@H]2CC[C@]2(C)[C@@H]([C@H](C)/C=C/[C@H](C)C(C)C)CC[C@@H]32)C1. The van der Waals surface area contributed by atoms with Crippen LogP contribution in [0.4, 0.5) is 0 Å².